The summed E-state index contributed by atoms with van der Waals surface area (Å²) in [6.07, 6.45) is 1.62. The van der Waals surface area contributed by atoms with Gasteiger partial charge in [0.15, 0.2) is 23.3 Å². The van der Waals surface area contributed by atoms with E-state index in [1.807, 2.05) is 0 Å². The lowest BCUT2D eigenvalue weighted by Crippen LogP contribution is -3.19. The average molecular weight is 414 g/mol. The second-order valence-electron chi connectivity index (χ2n) is 7.29. The van der Waals surface area contributed by atoms with Crippen LogP contribution in [0.2, 0.25) is 0 Å². The maximum Gasteiger partial charge on any atom is 0.292 e. The zero-order chi connectivity index (χ0) is 21.3. The molecule has 4 rings (SSSR count). The minimum atomic E-state index is -0.452. The number of piperazine rings is 1. The lowest BCUT2D eigenvalue weighted by molar-refractivity contribution is -0.918. The summed E-state index contributed by atoms with van der Waals surface area (Å²) in [6, 6.07) is 7.85. The molecule has 0 unspecified atom stereocenters. The van der Waals surface area contributed by atoms with Crippen molar-refractivity contribution in [3.63, 3.8) is 0 Å². The molecule has 3 amide bonds. The van der Waals surface area contributed by atoms with Gasteiger partial charge in [0, 0.05) is 6.07 Å². The summed E-state index contributed by atoms with van der Waals surface area (Å²) >= 11 is 0. The number of rotatable bonds is 5. The highest BCUT2D eigenvalue weighted by molar-refractivity contribution is 6.22. The molecular formula is C21H24N3O6+. The highest BCUT2D eigenvalue weighted by Crippen LogP contribution is 2.33. The summed E-state index contributed by atoms with van der Waals surface area (Å²) in [5.74, 6) is 0.674. The summed E-state index contributed by atoms with van der Waals surface area (Å²) in [5, 5.41) is 0. The van der Waals surface area contributed by atoms with Gasteiger partial charge in [-0.2, -0.15) is 0 Å². The highest BCUT2D eigenvalue weighted by Gasteiger charge is 2.47. The molecule has 3 heterocycles. The predicted molar refractivity (Wildman–Crippen MR) is 106 cm³/mol. The van der Waals surface area contributed by atoms with Crippen LogP contribution in [0, 0.1) is 0 Å². The van der Waals surface area contributed by atoms with Crippen molar-refractivity contribution >= 4 is 23.4 Å². The molecule has 2 fully saturated rings. The van der Waals surface area contributed by atoms with Crippen molar-refractivity contribution in [1.82, 2.24) is 4.90 Å². The Morgan fingerprint density at radius 3 is 2.47 bits per heavy atom. The van der Waals surface area contributed by atoms with Gasteiger partial charge in [-0.15, -0.1) is 0 Å². The molecule has 0 aliphatic carbocycles. The van der Waals surface area contributed by atoms with E-state index in [1.54, 1.807) is 35.2 Å². The van der Waals surface area contributed by atoms with E-state index >= 15 is 0 Å². The molecule has 1 aromatic carbocycles. The van der Waals surface area contributed by atoms with Gasteiger partial charge in [0.05, 0.1) is 58.8 Å². The molecule has 9 nitrogen and oxygen atoms in total. The molecular weight excluding hydrogens is 390 g/mol. The number of methoxy groups -OCH3 is 2. The van der Waals surface area contributed by atoms with E-state index in [4.69, 9.17) is 13.9 Å². The normalized spacial score (nSPS) is 20.0. The topological polar surface area (TPSA) is 93.7 Å². The first kappa shape index (κ1) is 20.0. The fourth-order valence-corrected chi connectivity index (χ4v) is 4.09. The van der Waals surface area contributed by atoms with Crippen molar-refractivity contribution in [2.24, 2.45) is 0 Å². The van der Waals surface area contributed by atoms with Crippen molar-refractivity contribution in [2.45, 2.75) is 12.5 Å². The Morgan fingerprint density at radius 1 is 1.10 bits per heavy atom. The number of benzene rings is 1. The Labute approximate surface area is 173 Å². The van der Waals surface area contributed by atoms with E-state index in [2.05, 4.69) is 0 Å². The first-order valence-corrected chi connectivity index (χ1v) is 9.79. The van der Waals surface area contributed by atoms with Gasteiger partial charge in [0.1, 0.15) is 0 Å². The van der Waals surface area contributed by atoms with E-state index in [-0.39, 0.29) is 24.1 Å². The van der Waals surface area contributed by atoms with Gasteiger partial charge < -0.3 is 23.7 Å². The number of nitrogens with one attached hydrogen (secondary N) is 1. The maximum atomic E-state index is 13.1. The lowest BCUT2D eigenvalue weighted by atomic mass is 10.1. The Bertz CT molecular complexity index is 950. The van der Waals surface area contributed by atoms with E-state index in [1.165, 1.54) is 25.4 Å². The smallest absolute Gasteiger partial charge is 0.292 e. The average Bonchev–Trinajstić information content (AvgIpc) is 3.41. The minimum Gasteiger partial charge on any atom is -0.493 e. The van der Waals surface area contributed by atoms with Crippen molar-refractivity contribution in [1.29, 1.82) is 0 Å². The summed E-state index contributed by atoms with van der Waals surface area (Å²) in [6.45, 7) is 2.19. The van der Waals surface area contributed by atoms with Crippen LogP contribution in [0.5, 0.6) is 11.5 Å². The summed E-state index contributed by atoms with van der Waals surface area (Å²) in [5.41, 5.74) is 0.469. The zero-order valence-corrected chi connectivity index (χ0v) is 16.9. The first-order chi connectivity index (χ1) is 14.5. The monoisotopic (exact) mass is 414 g/mol. The minimum absolute atomic E-state index is 0.147. The number of anilines is 1. The predicted octanol–water partition coefficient (Wildman–Crippen LogP) is -0.0304. The van der Waals surface area contributed by atoms with Gasteiger partial charge in [-0.3, -0.25) is 14.4 Å². The van der Waals surface area contributed by atoms with Crippen molar-refractivity contribution in [2.75, 3.05) is 45.3 Å². The number of carbonyl (C=O) groups excluding carboxylic acids is 3. The maximum absolute atomic E-state index is 13.1. The molecule has 1 N–H and O–H groups in total. The largest absolute Gasteiger partial charge is 0.493 e. The van der Waals surface area contributed by atoms with Gasteiger partial charge >= 0.3 is 0 Å². The lowest BCUT2D eigenvalue weighted by Gasteiger charge is -2.34. The third-order valence-corrected chi connectivity index (χ3v) is 5.69. The molecule has 30 heavy (non-hydrogen) atoms. The summed E-state index contributed by atoms with van der Waals surface area (Å²) in [4.78, 5) is 42.1. The van der Waals surface area contributed by atoms with E-state index in [0.29, 0.717) is 49.1 Å². The van der Waals surface area contributed by atoms with Gasteiger partial charge in [-0.1, -0.05) is 0 Å². The number of hydrogen-bond donors (Lipinski definition) is 1. The molecule has 2 saturated heterocycles. The number of hydrogen-bond acceptors (Lipinski definition) is 6. The van der Waals surface area contributed by atoms with Crippen LogP contribution in [-0.4, -0.2) is 69.1 Å². The Hall–Kier alpha value is -3.33. The molecule has 2 aliphatic heterocycles. The summed E-state index contributed by atoms with van der Waals surface area (Å²) in [7, 11) is 3.03. The van der Waals surface area contributed by atoms with Crippen molar-refractivity contribution in [3.8, 4) is 11.5 Å². The number of imide groups is 1. The van der Waals surface area contributed by atoms with Gasteiger partial charge in [-0.25, -0.2) is 4.90 Å². The molecule has 0 radical (unpaired) electrons. The number of nitrogens with zero attached hydrogens (tertiary/aromatic N) is 2. The molecule has 1 atom stereocenters. The molecule has 2 aliphatic rings. The SMILES string of the molecule is COc1ccc(N2C(=O)C[C@H]([NH+]3CCN(C(=O)c4ccco4)CC3)C2=O)cc1OC. The molecule has 158 valence electrons. The number of amides is 3. The summed E-state index contributed by atoms with van der Waals surface area (Å²) < 4.78 is 15.7. The third-order valence-electron chi connectivity index (χ3n) is 5.69. The van der Waals surface area contributed by atoms with Crippen molar-refractivity contribution < 1.29 is 33.2 Å². The molecule has 0 saturated carbocycles. The number of quaternary nitrogens is 1. The Morgan fingerprint density at radius 2 is 1.83 bits per heavy atom. The van der Waals surface area contributed by atoms with Crippen LogP contribution in [0.3, 0.4) is 0 Å². The van der Waals surface area contributed by atoms with Crippen LogP contribution in [0.25, 0.3) is 0 Å². The fraction of sp³-hybridized carbons (Fsp3) is 0.381. The van der Waals surface area contributed by atoms with Crippen LogP contribution in [0.4, 0.5) is 5.69 Å². The fourth-order valence-electron chi connectivity index (χ4n) is 4.09. The standard InChI is InChI=1S/C21H23N3O6/c1-28-16-6-5-14(12-18(16)29-2)24-19(25)13-15(20(24)26)22-7-9-23(10-8-22)21(27)17-4-3-11-30-17/h3-6,11-12,15H,7-10,13H2,1-2H3/p+1/t15-/m0/s1. The molecule has 1 aromatic heterocycles. The van der Waals surface area contributed by atoms with E-state index < -0.39 is 6.04 Å². The van der Waals surface area contributed by atoms with Crippen LogP contribution in [-0.2, 0) is 9.59 Å². The quantitative estimate of drug-likeness (QED) is 0.691. The van der Waals surface area contributed by atoms with Crippen LogP contribution >= 0.6 is 0 Å². The number of furan rings is 1. The molecule has 0 bridgehead atoms. The Balaban J connectivity index is 1.44. The van der Waals surface area contributed by atoms with Crippen molar-refractivity contribution in [3.05, 3.63) is 42.4 Å². The zero-order valence-electron chi connectivity index (χ0n) is 16.9. The van der Waals surface area contributed by atoms with E-state index in [0.717, 1.165) is 4.90 Å². The van der Waals surface area contributed by atoms with Gasteiger partial charge in [-0.05, 0) is 24.3 Å². The second kappa shape index (κ2) is 8.19. The molecule has 2 aromatic rings. The van der Waals surface area contributed by atoms with Crippen LogP contribution in [0.1, 0.15) is 17.0 Å². The number of carbonyl (C=O) groups is 3. The third kappa shape index (κ3) is 3.52. The highest BCUT2D eigenvalue weighted by atomic mass is 16.5. The van der Waals surface area contributed by atoms with E-state index in [9.17, 15) is 14.4 Å². The molecule has 0 spiro atoms. The number of ether oxygens (including phenoxy) is 2. The Kier molecular flexibility index (Phi) is 5.45. The first-order valence-electron chi connectivity index (χ1n) is 9.79. The van der Waals surface area contributed by atoms with Gasteiger partial charge in [0.25, 0.3) is 11.8 Å². The van der Waals surface area contributed by atoms with Gasteiger partial charge in [0.2, 0.25) is 5.91 Å². The van der Waals surface area contributed by atoms with Crippen LogP contribution in [0.15, 0.2) is 41.0 Å². The van der Waals surface area contributed by atoms with Crippen LogP contribution < -0.4 is 19.3 Å². The second-order valence-corrected chi connectivity index (χ2v) is 7.29. The molecule has 9 heteroatoms.